The third-order valence-corrected chi connectivity index (χ3v) is 3.55. The summed E-state index contributed by atoms with van der Waals surface area (Å²) in [4.78, 5) is 44.7. The lowest BCUT2D eigenvalue weighted by molar-refractivity contribution is -0.140. The SMILES string of the molecule is NC(=O)CNC(=O)c1ccc(CNC(=O)C2CC2C(=O)O)cc1. The van der Waals surface area contributed by atoms with Crippen LogP contribution in [-0.4, -0.2) is 35.3 Å². The first-order valence-corrected chi connectivity index (χ1v) is 7.04. The third kappa shape index (κ3) is 4.53. The van der Waals surface area contributed by atoms with E-state index in [2.05, 4.69) is 10.6 Å². The van der Waals surface area contributed by atoms with Crippen LogP contribution in [0.15, 0.2) is 24.3 Å². The zero-order valence-electron chi connectivity index (χ0n) is 12.2. The summed E-state index contributed by atoms with van der Waals surface area (Å²) in [5.74, 6) is -3.30. The summed E-state index contributed by atoms with van der Waals surface area (Å²) < 4.78 is 0. The minimum atomic E-state index is -0.948. The Morgan fingerprint density at radius 2 is 1.74 bits per heavy atom. The van der Waals surface area contributed by atoms with E-state index in [9.17, 15) is 19.2 Å². The number of nitrogens with one attached hydrogen (secondary N) is 2. The standard InChI is InChI=1S/C15H17N3O5/c16-12(19)7-18-13(20)9-3-1-8(2-4-9)6-17-14(21)10-5-11(10)15(22)23/h1-4,10-11H,5-7H2,(H2,16,19)(H,17,21)(H,18,20)(H,22,23). The summed E-state index contributed by atoms with van der Waals surface area (Å²) in [6.45, 7) is 0.0215. The molecule has 8 heteroatoms. The minimum absolute atomic E-state index is 0.233. The number of aliphatic carboxylic acids is 1. The van der Waals surface area contributed by atoms with Crippen LogP contribution in [0.25, 0.3) is 0 Å². The van der Waals surface area contributed by atoms with Crippen LogP contribution in [0.4, 0.5) is 0 Å². The maximum atomic E-state index is 11.7. The molecule has 3 amide bonds. The molecule has 1 aliphatic carbocycles. The van der Waals surface area contributed by atoms with Gasteiger partial charge < -0.3 is 21.5 Å². The average Bonchev–Trinajstić information content (AvgIpc) is 3.31. The van der Waals surface area contributed by atoms with E-state index in [-0.39, 0.29) is 19.0 Å². The van der Waals surface area contributed by atoms with Crippen LogP contribution in [0.3, 0.4) is 0 Å². The molecule has 2 unspecified atom stereocenters. The van der Waals surface area contributed by atoms with Crippen molar-refractivity contribution in [3.05, 3.63) is 35.4 Å². The number of hydrogen-bond donors (Lipinski definition) is 4. The number of rotatable bonds is 7. The summed E-state index contributed by atoms with van der Waals surface area (Å²) >= 11 is 0. The zero-order valence-corrected chi connectivity index (χ0v) is 12.2. The lowest BCUT2D eigenvalue weighted by atomic mass is 10.1. The maximum Gasteiger partial charge on any atom is 0.307 e. The van der Waals surface area contributed by atoms with Gasteiger partial charge >= 0.3 is 5.97 Å². The van der Waals surface area contributed by atoms with Gasteiger partial charge in [0.05, 0.1) is 18.4 Å². The van der Waals surface area contributed by atoms with Crippen molar-refractivity contribution in [3.63, 3.8) is 0 Å². The van der Waals surface area contributed by atoms with Crippen LogP contribution < -0.4 is 16.4 Å². The Morgan fingerprint density at radius 3 is 2.26 bits per heavy atom. The highest BCUT2D eigenvalue weighted by molar-refractivity contribution is 5.96. The van der Waals surface area contributed by atoms with Crippen molar-refractivity contribution in [2.75, 3.05) is 6.54 Å². The molecule has 122 valence electrons. The van der Waals surface area contributed by atoms with E-state index in [0.717, 1.165) is 5.56 Å². The summed E-state index contributed by atoms with van der Waals surface area (Å²) in [5.41, 5.74) is 6.08. The normalized spacial score (nSPS) is 18.8. The molecule has 1 aromatic carbocycles. The smallest absolute Gasteiger partial charge is 0.307 e. The predicted octanol–water partition coefficient (Wildman–Crippen LogP) is -0.761. The molecule has 0 aromatic heterocycles. The Morgan fingerprint density at radius 1 is 1.09 bits per heavy atom. The first-order chi connectivity index (χ1) is 10.9. The average molecular weight is 319 g/mol. The fraction of sp³-hybridized carbons (Fsp3) is 0.333. The first-order valence-electron chi connectivity index (χ1n) is 7.04. The van der Waals surface area contributed by atoms with Gasteiger partial charge in [0.2, 0.25) is 11.8 Å². The Balaban J connectivity index is 1.81. The molecule has 5 N–H and O–H groups in total. The van der Waals surface area contributed by atoms with Gasteiger partial charge in [-0.05, 0) is 24.1 Å². The van der Waals surface area contributed by atoms with Gasteiger partial charge in [-0.1, -0.05) is 12.1 Å². The fourth-order valence-corrected chi connectivity index (χ4v) is 2.12. The topological polar surface area (TPSA) is 139 Å². The second kappa shape index (κ2) is 6.91. The summed E-state index contributed by atoms with van der Waals surface area (Å²) in [6, 6.07) is 6.46. The molecule has 0 heterocycles. The Bertz CT molecular complexity index is 641. The maximum absolute atomic E-state index is 11.7. The van der Waals surface area contributed by atoms with Crippen LogP contribution >= 0.6 is 0 Å². The molecule has 0 aliphatic heterocycles. The van der Waals surface area contributed by atoms with Gasteiger partial charge in [0.1, 0.15) is 0 Å². The van der Waals surface area contributed by atoms with Crippen LogP contribution in [-0.2, 0) is 20.9 Å². The molecule has 1 aliphatic rings. The van der Waals surface area contributed by atoms with E-state index in [0.29, 0.717) is 12.0 Å². The van der Waals surface area contributed by atoms with Crippen molar-refractivity contribution >= 4 is 23.7 Å². The molecule has 23 heavy (non-hydrogen) atoms. The summed E-state index contributed by atoms with van der Waals surface area (Å²) in [5, 5.41) is 13.8. The highest BCUT2D eigenvalue weighted by atomic mass is 16.4. The van der Waals surface area contributed by atoms with Crippen molar-refractivity contribution in [2.45, 2.75) is 13.0 Å². The molecule has 2 atom stereocenters. The van der Waals surface area contributed by atoms with E-state index in [4.69, 9.17) is 10.8 Å². The van der Waals surface area contributed by atoms with Gasteiger partial charge in [0.15, 0.2) is 0 Å². The highest BCUT2D eigenvalue weighted by Gasteiger charge is 2.48. The number of hydrogen-bond acceptors (Lipinski definition) is 4. The van der Waals surface area contributed by atoms with Crippen LogP contribution in [0, 0.1) is 11.8 Å². The molecule has 1 fully saturated rings. The van der Waals surface area contributed by atoms with Crippen molar-refractivity contribution in [3.8, 4) is 0 Å². The van der Waals surface area contributed by atoms with Crippen molar-refractivity contribution in [2.24, 2.45) is 17.6 Å². The van der Waals surface area contributed by atoms with E-state index < -0.39 is 29.6 Å². The largest absolute Gasteiger partial charge is 0.481 e. The monoisotopic (exact) mass is 319 g/mol. The third-order valence-electron chi connectivity index (χ3n) is 3.55. The molecule has 2 rings (SSSR count). The number of carbonyl (C=O) groups excluding carboxylic acids is 3. The second-order valence-electron chi connectivity index (χ2n) is 5.35. The molecule has 0 saturated heterocycles. The number of benzene rings is 1. The zero-order chi connectivity index (χ0) is 17.0. The molecule has 8 nitrogen and oxygen atoms in total. The molecule has 1 aromatic rings. The van der Waals surface area contributed by atoms with Crippen molar-refractivity contribution in [1.29, 1.82) is 0 Å². The fourth-order valence-electron chi connectivity index (χ4n) is 2.12. The number of nitrogens with two attached hydrogens (primary N) is 1. The van der Waals surface area contributed by atoms with Gasteiger partial charge in [-0.25, -0.2) is 0 Å². The van der Waals surface area contributed by atoms with E-state index in [1.54, 1.807) is 24.3 Å². The minimum Gasteiger partial charge on any atom is -0.481 e. The van der Waals surface area contributed by atoms with Crippen LogP contribution in [0.5, 0.6) is 0 Å². The van der Waals surface area contributed by atoms with Gasteiger partial charge in [0.25, 0.3) is 5.91 Å². The molecule has 1 saturated carbocycles. The molecular weight excluding hydrogens is 302 g/mol. The molecule has 0 radical (unpaired) electrons. The van der Waals surface area contributed by atoms with Crippen LogP contribution in [0.1, 0.15) is 22.3 Å². The highest BCUT2D eigenvalue weighted by Crippen LogP contribution is 2.38. The van der Waals surface area contributed by atoms with E-state index >= 15 is 0 Å². The molecular formula is C15H17N3O5. The number of carboxylic acid groups (broad SMARTS) is 1. The van der Waals surface area contributed by atoms with Gasteiger partial charge in [-0.15, -0.1) is 0 Å². The molecule has 0 bridgehead atoms. The van der Waals surface area contributed by atoms with Crippen molar-refractivity contribution < 1.29 is 24.3 Å². The lowest BCUT2D eigenvalue weighted by Crippen LogP contribution is -2.33. The van der Waals surface area contributed by atoms with E-state index in [1.165, 1.54) is 0 Å². The number of primary amides is 1. The Hall–Kier alpha value is -2.90. The number of amides is 3. The number of carbonyl (C=O) groups is 4. The van der Waals surface area contributed by atoms with Gasteiger partial charge in [-0.3, -0.25) is 19.2 Å². The molecule has 0 spiro atoms. The van der Waals surface area contributed by atoms with Gasteiger partial charge in [0, 0.05) is 12.1 Å². The lowest BCUT2D eigenvalue weighted by Gasteiger charge is -2.06. The quantitative estimate of drug-likeness (QED) is 0.523. The Kier molecular flexibility index (Phi) is 4.95. The van der Waals surface area contributed by atoms with Crippen molar-refractivity contribution in [1.82, 2.24) is 10.6 Å². The number of carboxylic acids is 1. The first kappa shape index (κ1) is 16.5. The Labute approximate surface area is 132 Å². The predicted molar refractivity (Wildman–Crippen MR) is 79.0 cm³/mol. The van der Waals surface area contributed by atoms with E-state index in [1.807, 2.05) is 0 Å². The summed E-state index contributed by atoms with van der Waals surface area (Å²) in [6.07, 6.45) is 0.375. The van der Waals surface area contributed by atoms with Gasteiger partial charge in [-0.2, -0.15) is 0 Å². The second-order valence-corrected chi connectivity index (χ2v) is 5.35. The summed E-state index contributed by atoms with van der Waals surface area (Å²) in [7, 11) is 0. The van der Waals surface area contributed by atoms with Crippen LogP contribution in [0.2, 0.25) is 0 Å².